The number of amides is 1. The van der Waals surface area contributed by atoms with Crippen LogP contribution in [0.4, 0.5) is 0 Å². The molecule has 1 heterocycles. The summed E-state index contributed by atoms with van der Waals surface area (Å²) < 4.78 is 16.5. The maximum atomic E-state index is 13.8. The van der Waals surface area contributed by atoms with E-state index in [2.05, 4.69) is 30.3 Å². The van der Waals surface area contributed by atoms with Crippen LogP contribution in [0.25, 0.3) is 6.08 Å². The van der Waals surface area contributed by atoms with Crippen LogP contribution in [0.3, 0.4) is 0 Å². The van der Waals surface area contributed by atoms with Crippen LogP contribution in [-0.2, 0) is 0 Å². The van der Waals surface area contributed by atoms with Gasteiger partial charge in [0, 0.05) is 11.5 Å². The Hall–Kier alpha value is -4.06. The molecule has 0 spiro atoms. The van der Waals surface area contributed by atoms with Crippen molar-refractivity contribution in [2.45, 2.75) is 39.2 Å². The monoisotopic (exact) mass is 510 g/mol. The highest BCUT2D eigenvalue weighted by molar-refractivity contribution is 6.09. The minimum atomic E-state index is -0.181. The lowest BCUT2D eigenvalue weighted by molar-refractivity contribution is 0.0681. The first kappa shape index (κ1) is 25.6. The molecule has 0 radical (unpaired) electrons. The molecule has 6 heteroatoms. The first-order chi connectivity index (χ1) is 18.6. The summed E-state index contributed by atoms with van der Waals surface area (Å²) in [6.07, 6.45) is 5.16. The number of ether oxygens (including phenoxy) is 3. The molecule has 196 valence electrons. The SMILES string of the molecule is CCOc1ccc(/C=C2/CCC[C@@H]3C2=NN(C(=O)c2ccc(OC)cc2)[C@H]3c2ccc(OCC)cc2)cc1. The molecule has 1 fully saturated rings. The summed E-state index contributed by atoms with van der Waals surface area (Å²) in [5, 5.41) is 6.70. The molecular formula is C32H34N2O4. The van der Waals surface area contributed by atoms with Crippen molar-refractivity contribution in [2.24, 2.45) is 11.0 Å². The highest BCUT2D eigenvalue weighted by Crippen LogP contribution is 2.45. The van der Waals surface area contributed by atoms with E-state index in [1.165, 1.54) is 5.57 Å². The highest BCUT2D eigenvalue weighted by Gasteiger charge is 2.44. The lowest BCUT2D eigenvalue weighted by atomic mass is 9.77. The van der Waals surface area contributed by atoms with Gasteiger partial charge in [0.15, 0.2) is 0 Å². The molecule has 38 heavy (non-hydrogen) atoms. The topological polar surface area (TPSA) is 60.4 Å². The fourth-order valence-corrected chi connectivity index (χ4v) is 5.32. The Labute approximate surface area is 224 Å². The van der Waals surface area contributed by atoms with Crippen molar-refractivity contribution in [1.29, 1.82) is 0 Å². The van der Waals surface area contributed by atoms with Crippen molar-refractivity contribution in [3.05, 3.63) is 95.1 Å². The molecule has 1 aliphatic carbocycles. The third-order valence-corrected chi connectivity index (χ3v) is 7.11. The van der Waals surface area contributed by atoms with Crippen LogP contribution in [0, 0.1) is 5.92 Å². The Morgan fingerprint density at radius 3 is 2.11 bits per heavy atom. The Morgan fingerprint density at radius 2 is 1.50 bits per heavy atom. The van der Waals surface area contributed by atoms with Gasteiger partial charge >= 0.3 is 0 Å². The molecule has 2 aliphatic rings. The van der Waals surface area contributed by atoms with Crippen LogP contribution in [-0.4, -0.2) is 37.0 Å². The molecule has 0 N–H and O–H groups in total. The zero-order valence-corrected chi connectivity index (χ0v) is 22.2. The fraction of sp³-hybridized carbons (Fsp3) is 0.312. The quantitative estimate of drug-likeness (QED) is 0.330. The predicted octanol–water partition coefficient (Wildman–Crippen LogP) is 6.93. The number of hydrogen-bond donors (Lipinski definition) is 0. The molecule has 0 aromatic heterocycles. The Balaban J connectivity index is 1.51. The van der Waals surface area contributed by atoms with Gasteiger partial charge in [0.05, 0.1) is 32.1 Å². The van der Waals surface area contributed by atoms with Gasteiger partial charge in [-0.25, -0.2) is 5.01 Å². The van der Waals surface area contributed by atoms with Gasteiger partial charge in [0.2, 0.25) is 0 Å². The van der Waals surface area contributed by atoms with Crippen molar-refractivity contribution >= 4 is 17.7 Å². The van der Waals surface area contributed by atoms with E-state index in [0.29, 0.717) is 24.5 Å². The van der Waals surface area contributed by atoms with Crippen molar-refractivity contribution in [2.75, 3.05) is 20.3 Å². The molecule has 0 bridgehead atoms. The smallest absolute Gasteiger partial charge is 0.274 e. The minimum absolute atomic E-state index is 0.117. The van der Waals surface area contributed by atoms with Gasteiger partial charge < -0.3 is 14.2 Å². The number of methoxy groups -OCH3 is 1. The predicted molar refractivity (Wildman–Crippen MR) is 150 cm³/mol. The summed E-state index contributed by atoms with van der Waals surface area (Å²) >= 11 is 0. The maximum absolute atomic E-state index is 13.8. The molecule has 3 aromatic rings. The molecular weight excluding hydrogens is 476 g/mol. The highest BCUT2D eigenvalue weighted by atomic mass is 16.5. The van der Waals surface area contributed by atoms with Gasteiger partial charge in [-0.3, -0.25) is 4.79 Å². The summed E-state index contributed by atoms with van der Waals surface area (Å²) in [5.74, 6) is 2.41. The summed E-state index contributed by atoms with van der Waals surface area (Å²) in [5.41, 5.74) is 4.93. The Bertz CT molecular complexity index is 1310. The third-order valence-electron chi connectivity index (χ3n) is 7.11. The van der Waals surface area contributed by atoms with E-state index < -0.39 is 0 Å². The third kappa shape index (κ3) is 5.30. The molecule has 1 saturated carbocycles. The standard InChI is InChI=1S/C32H34N2O4/c1-4-37-27-15-9-22(10-16-27)21-25-7-6-8-29-30(25)33-34(32(35)24-13-17-26(36-3)18-14-24)31(29)23-11-19-28(20-12-23)38-5-2/h9-21,29,31H,4-8H2,1-3H3/b25-21-/t29-,31+/m1/s1. The van der Waals surface area contributed by atoms with Gasteiger partial charge in [-0.05, 0) is 104 Å². The molecule has 0 saturated heterocycles. The minimum Gasteiger partial charge on any atom is -0.497 e. The van der Waals surface area contributed by atoms with Gasteiger partial charge in [-0.2, -0.15) is 5.10 Å². The largest absolute Gasteiger partial charge is 0.497 e. The number of hydrazone groups is 1. The number of allylic oxidation sites excluding steroid dienone is 1. The zero-order valence-electron chi connectivity index (χ0n) is 22.2. The molecule has 6 nitrogen and oxygen atoms in total. The van der Waals surface area contributed by atoms with Crippen LogP contribution >= 0.6 is 0 Å². The van der Waals surface area contributed by atoms with E-state index in [0.717, 1.165) is 47.6 Å². The molecule has 2 atom stereocenters. The van der Waals surface area contributed by atoms with Gasteiger partial charge in [0.1, 0.15) is 17.2 Å². The summed E-state index contributed by atoms with van der Waals surface area (Å²) in [4.78, 5) is 13.8. The number of nitrogens with zero attached hydrogens (tertiary/aromatic N) is 2. The average Bonchev–Trinajstić information content (AvgIpc) is 3.35. The number of fused-ring (bicyclic) bond motifs is 1. The number of benzene rings is 3. The van der Waals surface area contributed by atoms with Crippen LogP contribution < -0.4 is 14.2 Å². The lowest BCUT2D eigenvalue weighted by Gasteiger charge is -2.30. The number of carbonyl (C=O) groups is 1. The second-order valence-electron chi connectivity index (χ2n) is 9.48. The first-order valence-electron chi connectivity index (χ1n) is 13.3. The van der Waals surface area contributed by atoms with Crippen LogP contribution in [0.5, 0.6) is 17.2 Å². The summed E-state index contributed by atoms with van der Waals surface area (Å²) in [6.45, 7) is 5.21. The summed E-state index contributed by atoms with van der Waals surface area (Å²) in [7, 11) is 1.62. The zero-order chi connectivity index (χ0) is 26.5. The Kier molecular flexibility index (Phi) is 7.78. The Morgan fingerprint density at radius 1 is 0.895 bits per heavy atom. The van der Waals surface area contributed by atoms with E-state index >= 15 is 0 Å². The van der Waals surface area contributed by atoms with Gasteiger partial charge in [0.25, 0.3) is 5.91 Å². The number of carbonyl (C=O) groups excluding carboxylic acids is 1. The average molecular weight is 511 g/mol. The fourth-order valence-electron chi connectivity index (χ4n) is 5.32. The van der Waals surface area contributed by atoms with Crippen molar-refractivity contribution in [3.8, 4) is 17.2 Å². The second kappa shape index (κ2) is 11.5. The number of hydrogen-bond acceptors (Lipinski definition) is 5. The van der Waals surface area contributed by atoms with Crippen LogP contribution in [0.15, 0.2) is 83.5 Å². The lowest BCUT2D eigenvalue weighted by Crippen LogP contribution is -2.31. The molecule has 0 unspecified atom stereocenters. The normalized spacial score (nSPS) is 19.6. The van der Waals surface area contributed by atoms with E-state index in [-0.39, 0.29) is 17.9 Å². The second-order valence-corrected chi connectivity index (χ2v) is 9.48. The van der Waals surface area contributed by atoms with Crippen molar-refractivity contribution in [1.82, 2.24) is 5.01 Å². The van der Waals surface area contributed by atoms with E-state index in [1.807, 2.05) is 50.2 Å². The van der Waals surface area contributed by atoms with Gasteiger partial charge in [-0.15, -0.1) is 0 Å². The van der Waals surface area contributed by atoms with Crippen molar-refractivity contribution in [3.63, 3.8) is 0 Å². The van der Waals surface area contributed by atoms with Crippen LogP contribution in [0.2, 0.25) is 0 Å². The van der Waals surface area contributed by atoms with Gasteiger partial charge in [-0.1, -0.05) is 24.3 Å². The van der Waals surface area contributed by atoms with Crippen molar-refractivity contribution < 1.29 is 19.0 Å². The van der Waals surface area contributed by atoms with E-state index in [1.54, 1.807) is 24.3 Å². The van der Waals surface area contributed by atoms with Crippen LogP contribution in [0.1, 0.15) is 60.6 Å². The molecule has 1 aliphatic heterocycles. The van der Waals surface area contributed by atoms with E-state index in [4.69, 9.17) is 19.3 Å². The molecule has 3 aromatic carbocycles. The molecule has 1 amide bonds. The first-order valence-corrected chi connectivity index (χ1v) is 13.3. The summed E-state index contributed by atoms with van der Waals surface area (Å²) in [6, 6.07) is 23.3. The number of rotatable bonds is 8. The molecule has 5 rings (SSSR count). The maximum Gasteiger partial charge on any atom is 0.274 e. The van der Waals surface area contributed by atoms with E-state index in [9.17, 15) is 4.79 Å².